The number of amides is 3. The molecule has 2 atom stereocenters. The molecule has 10 nitrogen and oxygen atoms in total. The first-order valence-electron chi connectivity index (χ1n) is 12.0. The van der Waals surface area contributed by atoms with Crippen LogP contribution < -0.4 is 9.64 Å². The second-order valence-corrected chi connectivity index (χ2v) is 9.31. The maximum absolute atomic E-state index is 13.0. The van der Waals surface area contributed by atoms with E-state index in [1.165, 1.54) is 36.4 Å². The van der Waals surface area contributed by atoms with Crippen LogP contribution in [0.5, 0.6) is 5.75 Å². The number of imide groups is 1. The van der Waals surface area contributed by atoms with Crippen molar-refractivity contribution in [2.75, 3.05) is 11.4 Å². The fraction of sp³-hybridized carbons (Fsp3) is 0.214. The van der Waals surface area contributed by atoms with Gasteiger partial charge in [0.05, 0.1) is 28.1 Å². The van der Waals surface area contributed by atoms with E-state index in [1.54, 1.807) is 11.8 Å². The van der Waals surface area contributed by atoms with E-state index in [-0.39, 0.29) is 47.5 Å². The van der Waals surface area contributed by atoms with Crippen LogP contribution in [-0.2, 0) is 9.59 Å². The van der Waals surface area contributed by atoms with Crippen LogP contribution in [0.4, 0.5) is 11.4 Å². The molecule has 0 radical (unpaired) electrons. The first-order valence-corrected chi connectivity index (χ1v) is 12.0. The third-order valence-corrected chi connectivity index (χ3v) is 6.96. The number of benzene rings is 3. The summed E-state index contributed by atoms with van der Waals surface area (Å²) in [6.45, 7) is 3.78. The molecule has 0 aliphatic carbocycles. The molecule has 2 heterocycles. The maximum Gasteiger partial charge on any atom is 0.316 e. The highest BCUT2D eigenvalue weighted by Crippen LogP contribution is 2.36. The van der Waals surface area contributed by atoms with Gasteiger partial charge in [0.1, 0.15) is 11.3 Å². The molecule has 2 aliphatic heterocycles. The van der Waals surface area contributed by atoms with Crippen LogP contribution in [0.25, 0.3) is 0 Å². The molecular weight excluding hydrogens is 490 g/mol. The van der Waals surface area contributed by atoms with Gasteiger partial charge in [0.15, 0.2) is 0 Å². The van der Waals surface area contributed by atoms with Gasteiger partial charge in [-0.15, -0.1) is 0 Å². The first-order chi connectivity index (χ1) is 18.2. The smallest absolute Gasteiger partial charge is 0.316 e. The van der Waals surface area contributed by atoms with Gasteiger partial charge in [-0.05, 0) is 49.2 Å². The van der Waals surface area contributed by atoms with Crippen LogP contribution in [0.1, 0.15) is 51.2 Å². The molecule has 0 saturated carbocycles. The van der Waals surface area contributed by atoms with Crippen molar-refractivity contribution in [2.24, 2.45) is 5.92 Å². The molecule has 38 heavy (non-hydrogen) atoms. The van der Waals surface area contributed by atoms with Crippen LogP contribution in [0, 0.1) is 23.0 Å². The van der Waals surface area contributed by atoms with Crippen molar-refractivity contribution in [3.63, 3.8) is 0 Å². The number of rotatable bonds is 6. The Morgan fingerprint density at radius 1 is 1.03 bits per heavy atom. The van der Waals surface area contributed by atoms with Crippen LogP contribution in [-0.4, -0.2) is 40.1 Å². The highest BCUT2D eigenvalue weighted by molar-refractivity contribution is 6.35. The normalized spacial score (nSPS) is 17.5. The van der Waals surface area contributed by atoms with Gasteiger partial charge in [-0.2, -0.15) is 0 Å². The lowest BCUT2D eigenvalue weighted by Crippen LogP contribution is -2.30. The summed E-state index contributed by atoms with van der Waals surface area (Å²) in [7, 11) is 0. The van der Waals surface area contributed by atoms with Crippen LogP contribution in [0.3, 0.4) is 0 Å². The molecule has 10 heteroatoms. The number of carbonyl (C=O) groups excluding carboxylic acids is 4. The molecule has 3 amide bonds. The molecule has 0 unspecified atom stereocenters. The first kappa shape index (κ1) is 24.8. The number of esters is 1. The minimum atomic E-state index is -0.790. The number of likely N-dealkylation sites (tertiary alicyclic amines) is 1. The Kier molecular flexibility index (Phi) is 6.23. The third-order valence-electron chi connectivity index (χ3n) is 6.96. The summed E-state index contributed by atoms with van der Waals surface area (Å²) in [4.78, 5) is 64.7. The highest BCUT2D eigenvalue weighted by atomic mass is 16.6. The van der Waals surface area contributed by atoms with E-state index in [9.17, 15) is 29.3 Å². The third kappa shape index (κ3) is 4.19. The Labute approximate surface area is 217 Å². The molecule has 0 aromatic heterocycles. The number of aryl methyl sites for hydroxylation is 1. The number of anilines is 1. The van der Waals surface area contributed by atoms with Crippen molar-refractivity contribution in [1.29, 1.82) is 0 Å². The summed E-state index contributed by atoms with van der Waals surface area (Å²) in [5.74, 6) is -2.58. The SMILES string of the molecule is Cc1cc(OC(=O)[C@H]2CC(=O)N([C@H](C)c3ccccc3)C2)ccc1N1C(=O)c2cccc([N+](=O)[O-])c2C1=O. The van der Waals surface area contributed by atoms with Crippen molar-refractivity contribution >= 4 is 35.1 Å². The van der Waals surface area contributed by atoms with Gasteiger partial charge < -0.3 is 9.64 Å². The molecule has 0 N–H and O–H groups in total. The molecule has 192 valence electrons. The lowest BCUT2D eigenvalue weighted by molar-refractivity contribution is -0.385. The molecule has 0 spiro atoms. The fourth-order valence-corrected chi connectivity index (χ4v) is 4.96. The summed E-state index contributed by atoms with van der Waals surface area (Å²) >= 11 is 0. The number of fused-ring (bicyclic) bond motifs is 1. The monoisotopic (exact) mass is 513 g/mol. The van der Waals surface area contributed by atoms with Crippen LogP contribution >= 0.6 is 0 Å². The second kappa shape index (κ2) is 9.55. The van der Waals surface area contributed by atoms with E-state index < -0.39 is 34.3 Å². The Bertz CT molecular complexity index is 1500. The zero-order chi connectivity index (χ0) is 27.1. The quantitative estimate of drug-likeness (QED) is 0.159. The standard InChI is InChI=1S/C28H23N3O7/c1-16-13-20(38-28(35)19-14-24(32)29(15-19)17(2)18-7-4-3-5-8-18)11-12-22(16)30-26(33)21-9-6-10-23(31(36)37)25(21)27(30)34/h3-13,17,19H,14-15H2,1-2H3/t17-,19+/m1/s1. The minimum Gasteiger partial charge on any atom is -0.426 e. The van der Waals surface area contributed by atoms with E-state index in [2.05, 4.69) is 0 Å². The van der Waals surface area contributed by atoms with E-state index >= 15 is 0 Å². The molecular formula is C28H23N3O7. The molecule has 3 aromatic carbocycles. The Morgan fingerprint density at radius 3 is 2.45 bits per heavy atom. The summed E-state index contributed by atoms with van der Waals surface area (Å²) in [5.41, 5.74) is 0.920. The molecule has 2 aliphatic rings. The van der Waals surface area contributed by atoms with E-state index in [0.29, 0.717) is 5.56 Å². The molecule has 5 rings (SSSR count). The lowest BCUT2D eigenvalue weighted by atomic mass is 10.1. The Balaban J connectivity index is 1.31. The number of carbonyl (C=O) groups is 4. The largest absolute Gasteiger partial charge is 0.426 e. The molecule has 1 fully saturated rings. The van der Waals surface area contributed by atoms with Gasteiger partial charge in [0.2, 0.25) is 5.91 Å². The number of nitro benzene ring substituents is 1. The molecule has 0 bridgehead atoms. The number of nitrogens with zero attached hydrogens (tertiary/aromatic N) is 3. The van der Waals surface area contributed by atoms with Crippen molar-refractivity contribution < 1.29 is 28.8 Å². The summed E-state index contributed by atoms with van der Waals surface area (Å²) in [5, 5.41) is 11.4. The van der Waals surface area contributed by atoms with E-state index in [4.69, 9.17) is 4.74 Å². The van der Waals surface area contributed by atoms with Gasteiger partial charge in [0, 0.05) is 19.0 Å². The predicted octanol–water partition coefficient (Wildman–Crippen LogP) is 4.22. The van der Waals surface area contributed by atoms with Gasteiger partial charge in [-0.3, -0.25) is 29.3 Å². The van der Waals surface area contributed by atoms with E-state index in [0.717, 1.165) is 10.5 Å². The summed E-state index contributed by atoms with van der Waals surface area (Å²) < 4.78 is 5.55. The van der Waals surface area contributed by atoms with Crippen LogP contribution in [0.2, 0.25) is 0 Å². The molecule has 1 saturated heterocycles. The van der Waals surface area contributed by atoms with Crippen molar-refractivity contribution in [3.05, 3.63) is 99.1 Å². The van der Waals surface area contributed by atoms with Gasteiger partial charge in [0.25, 0.3) is 17.5 Å². The van der Waals surface area contributed by atoms with Gasteiger partial charge in [-0.25, -0.2) is 4.90 Å². The molecule has 3 aromatic rings. The summed E-state index contributed by atoms with van der Waals surface area (Å²) in [6.07, 6.45) is 0.0426. The van der Waals surface area contributed by atoms with Crippen molar-refractivity contribution in [2.45, 2.75) is 26.3 Å². The Hall–Kier alpha value is -4.86. The highest BCUT2D eigenvalue weighted by Gasteiger charge is 2.42. The fourth-order valence-electron chi connectivity index (χ4n) is 4.96. The van der Waals surface area contributed by atoms with E-state index in [1.807, 2.05) is 37.3 Å². The average molecular weight is 514 g/mol. The van der Waals surface area contributed by atoms with Gasteiger partial charge in [-0.1, -0.05) is 36.4 Å². The number of hydrogen-bond acceptors (Lipinski definition) is 7. The van der Waals surface area contributed by atoms with Crippen molar-refractivity contribution in [1.82, 2.24) is 4.90 Å². The topological polar surface area (TPSA) is 127 Å². The lowest BCUT2D eigenvalue weighted by Gasteiger charge is -2.25. The number of ether oxygens (including phenoxy) is 1. The zero-order valence-electron chi connectivity index (χ0n) is 20.6. The summed E-state index contributed by atoms with van der Waals surface area (Å²) in [6, 6.07) is 17.7. The maximum atomic E-state index is 13.0. The average Bonchev–Trinajstić information content (AvgIpc) is 3.41. The zero-order valence-corrected chi connectivity index (χ0v) is 20.6. The van der Waals surface area contributed by atoms with Gasteiger partial charge >= 0.3 is 5.97 Å². The Morgan fingerprint density at radius 2 is 1.76 bits per heavy atom. The van der Waals surface area contributed by atoms with Crippen molar-refractivity contribution in [3.8, 4) is 5.75 Å². The van der Waals surface area contributed by atoms with Crippen LogP contribution in [0.15, 0.2) is 66.7 Å². The second-order valence-electron chi connectivity index (χ2n) is 9.31. The predicted molar refractivity (Wildman–Crippen MR) is 136 cm³/mol. The minimum absolute atomic E-state index is 0.0423. The number of hydrogen-bond donors (Lipinski definition) is 0. The number of nitro groups is 1.